The van der Waals surface area contributed by atoms with Crippen LogP contribution in [-0.4, -0.2) is 70.6 Å². The van der Waals surface area contributed by atoms with Crippen LogP contribution < -0.4 is 9.47 Å². The van der Waals surface area contributed by atoms with Crippen molar-refractivity contribution in [2.24, 2.45) is 5.92 Å². The summed E-state index contributed by atoms with van der Waals surface area (Å²) in [4.78, 5) is 55.2. The van der Waals surface area contributed by atoms with E-state index in [4.69, 9.17) is 9.47 Å². The maximum atomic E-state index is 13.9. The van der Waals surface area contributed by atoms with Gasteiger partial charge in [0.05, 0.1) is 12.6 Å². The molecule has 8 nitrogen and oxygen atoms in total. The number of benzene rings is 2. The van der Waals surface area contributed by atoms with Crippen molar-refractivity contribution in [3.63, 3.8) is 0 Å². The number of carbonyl (C=O) groups is 4. The lowest BCUT2D eigenvalue weighted by Gasteiger charge is -2.60. The van der Waals surface area contributed by atoms with Gasteiger partial charge in [-0.15, -0.1) is 0 Å². The summed E-state index contributed by atoms with van der Waals surface area (Å²) in [6.45, 7) is 8.43. The molecule has 2 fully saturated rings. The lowest BCUT2D eigenvalue weighted by atomic mass is 9.51. The van der Waals surface area contributed by atoms with Gasteiger partial charge in [0.2, 0.25) is 5.91 Å². The van der Waals surface area contributed by atoms with Crippen LogP contribution in [0.1, 0.15) is 94.1 Å². The van der Waals surface area contributed by atoms with Crippen molar-refractivity contribution in [3.05, 3.63) is 59.2 Å². The average molecular weight is 601 g/mol. The number of amides is 1. The Bertz CT molecular complexity index is 1450. The zero-order chi connectivity index (χ0) is 31.2. The number of hydrogen-bond donors (Lipinski definition) is 0. The minimum Gasteiger partial charge on any atom is -0.483 e. The molecular formula is C36H44N2O6. The smallest absolute Gasteiger partial charge is 0.308 e. The van der Waals surface area contributed by atoms with E-state index in [-0.39, 0.29) is 59.0 Å². The zero-order valence-corrected chi connectivity index (χ0v) is 26.3. The predicted molar refractivity (Wildman–Crippen MR) is 166 cm³/mol. The molecule has 2 heterocycles. The second-order valence-corrected chi connectivity index (χ2v) is 13.4. The number of esters is 1. The molecule has 8 heteroatoms. The van der Waals surface area contributed by atoms with E-state index in [2.05, 4.69) is 24.8 Å². The number of Topliss-reactive ketones (excluding diaryl/α,β-unsaturated/α-hetero) is 2. The van der Waals surface area contributed by atoms with Crippen LogP contribution in [0.25, 0.3) is 0 Å². The van der Waals surface area contributed by atoms with Gasteiger partial charge in [0, 0.05) is 48.4 Å². The van der Waals surface area contributed by atoms with Crippen molar-refractivity contribution in [1.29, 1.82) is 0 Å². The van der Waals surface area contributed by atoms with Crippen molar-refractivity contribution in [1.82, 2.24) is 9.80 Å². The van der Waals surface area contributed by atoms with Crippen LogP contribution in [0.5, 0.6) is 11.5 Å². The van der Waals surface area contributed by atoms with Gasteiger partial charge in [-0.05, 0) is 83.4 Å². The third kappa shape index (κ3) is 5.25. The van der Waals surface area contributed by atoms with Crippen molar-refractivity contribution in [2.45, 2.75) is 109 Å². The van der Waals surface area contributed by atoms with Gasteiger partial charge < -0.3 is 14.4 Å². The minimum atomic E-state index is -0.389. The van der Waals surface area contributed by atoms with E-state index < -0.39 is 0 Å². The van der Waals surface area contributed by atoms with Crippen molar-refractivity contribution in [2.75, 3.05) is 13.1 Å². The van der Waals surface area contributed by atoms with Gasteiger partial charge in [0.15, 0.2) is 17.3 Å². The Balaban J connectivity index is 1.26. The molecule has 2 aliphatic heterocycles. The summed E-state index contributed by atoms with van der Waals surface area (Å²) in [6.07, 6.45) is 5.25. The summed E-state index contributed by atoms with van der Waals surface area (Å²) in [5, 5.41) is 0. The second kappa shape index (κ2) is 12.1. The van der Waals surface area contributed by atoms with Crippen LogP contribution in [0.2, 0.25) is 0 Å². The fraction of sp³-hybridized carbons (Fsp3) is 0.556. The number of rotatable bonds is 11. The first kappa shape index (κ1) is 30.5. The van der Waals surface area contributed by atoms with E-state index in [0.717, 1.165) is 37.8 Å². The summed E-state index contributed by atoms with van der Waals surface area (Å²) in [6, 6.07) is 13.3. The highest BCUT2D eigenvalue weighted by molar-refractivity contribution is 5.96. The van der Waals surface area contributed by atoms with Gasteiger partial charge in [0.25, 0.3) is 0 Å². The summed E-state index contributed by atoms with van der Waals surface area (Å²) in [7, 11) is 0. The van der Waals surface area contributed by atoms with Crippen LogP contribution in [0.3, 0.4) is 0 Å². The molecule has 2 aromatic carbocycles. The number of ether oxygens (including phenoxy) is 2. The second-order valence-electron chi connectivity index (χ2n) is 13.4. The van der Waals surface area contributed by atoms with Crippen molar-refractivity contribution in [3.8, 4) is 11.5 Å². The zero-order valence-electron chi connectivity index (χ0n) is 26.3. The van der Waals surface area contributed by atoms with Crippen molar-refractivity contribution >= 4 is 23.4 Å². The highest BCUT2D eigenvalue weighted by atomic mass is 16.6. The molecular weight excluding hydrogens is 556 g/mol. The number of piperidine rings is 1. The van der Waals surface area contributed by atoms with Gasteiger partial charge in [-0.2, -0.15) is 0 Å². The van der Waals surface area contributed by atoms with Gasteiger partial charge >= 0.3 is 5.97 Å². The largest absolute Gasteiger partial charge is 0.483 e. The highest BCUT2D eigenvalue weighted by Crippen LogP contribution is 2.64. The molecule has 1 amide bonds. The maximum absolute atomic E-state index is 13.9. The highest BCUT2D eigenvalue weighted by Gasteiger charge is 2.66. The maximum Gasteiger partial charge on any atom is 0.308 e. The van der Waals surface area contributed by atoms with Gasteiger partial charge in [-0.3, -0.25) is 24.1 Å². The van der Waals surface area contributed by atoms with Crippen LogP contribution in [0.15, 0.2) is 42.5 Å². The predicted octanol–water partition coefficient (Wildman–Crippen LogP) is 5.29. The van der Waals surface area contributed by atoms with Crippen LogP contribution in [0, 0.1) is 5.92 Å². The normalized spacial score (nSPS) is 26.5. The molecule has 0 unspecified atom stereocenters. The molecule has 0 radical (unpaired) electrons. The number of nitrogens with zero attached hydrogens (tertiary/aromatic N) is 2. The summed E-state index contributed by atoms with van der Waals surface area (Å²) >= 11 is 0. The Morgan fingerprint density at radius 3 is 2.48 bits per heavy atom. The fourth-order valence-corrected chi connectivity index (χ4v) is 8.91. The molecule has 4 aliphatic rings. The number of ketones is 2. The topological polar surface area (TPSA) is 93.2 Å². The summed E-state index contributed by atoms with van der Waals surface area (Å²) in [5.74, 6) is 1.38. The molecule has 1 saturated heterocycles. The standard InChI is InChI=1S/C36H44N2O6/c1-22(2)38(32(42)13-9-8-12-30(41)25-10-6-5-7-11-25)28-16-15-27-29-20-26-14-17-31(43-24(4)40)34-33(26)36(27,35(28)44-34)18-19-37(29)21-23(3)39/h5-7,10-11,14,17,22,27-29,35H,8-9,12-13,15-16,18-21H2,1-4H3/t27-,28-,29+,35-,36-/m0/s1. The van der Waals surface area contributed by atoms with E-state index in [0.29, 0.717) is 49.3 Å². The third-order valence-electron chi connectivity index (χ3n) is 10.4. The molecule has 0 aromatic heterocycles. The monoisotopic (exact) mass is 600 g/mol. The van der Waals surface area contributed by atoms with E-state index >= 15 is 0 Å². The Labute approximate surface area is 260 Å². The molecule has 234 valence electrons. The average Bonchev–Trinajstić information content (AvgIpc) is 3.33. The molecule has 2 aromatic rings. The summed E-state index contributed by atoms with van der Waals surface area (Å²) in [5.41, 5.74) is 2.75. The first-order chi connectivity index (χ1) is 21.1. The molecule has 2 bridgehead atoms. The number of unbranched alkanes of at least 4 members (excludes halogenated alkanes) is 1. The van der Waals surface area contributed by atoms with Crippen LogP contribution in [0.4, 0.5) is 0 Å². The number of hydrogen-bond acceptors (Lipinski definition) is 7. The van der Waals surface area contributed by atoms with E-state index in [1.54, 1.807) is 6.92 Å². The first-order valence-electron chi connectivity index (χ1n) is 16.3. The SMILES string of the molecule is CC(=O)CN1CC[C@]23c4c5ccc(OC(C)=O)c4O[C@H]2[C@@H](N(C(=O)CCCCC(=O)c2ccccc2)C(C)C)CC[C@H]3[C@H]1C5. The molecule has 0 N–H and O–H groups in total. The molecule has 1 spiro atoms. The van der Waals surface area contributed by atoms with E-state index in [1.807, 2.05) is 41.3 Å². The molecule has 5 atom stereocenters. The molecule has 6 rings (SSSR count). The van der Waals surface area contributed by atoms with E-state index in [9.17, 15) is 19.2 Å². The molecule has 1 saturated carbocycles. The molecule has 2 aliphatic carbocycles. The lowest BCUT2D eigenvalue weighted by Crippen LogP contribution is -2.70. The lowest BCUT2D eigenvalue weighted by molar-refractivity contribution is -0.146. The minimum absolute atomic E-state index is 0.0247. The number of carbonyl (C=O) groups excluding carboxylic acids is 4. The Morgan fingerprint density at radius 2 is 1.77 bits per heavy atom. The third-order valence-corrected chi connectivity index (χ3v) is 10.4. The van der Waals surface area contributed by atoms with E-state index in [1.165, 1.54) is 12.5 Å². The number of likely N-dealkylation sites (tertiary alicyclic amines) is 1. The quantitative estimate of drug-likeness (QED) is 0.150. The van der Waals surface area contributed by atoms with Crippen molar-refractivity contribution < 1.29 is 28.7 Å². The Hall–Kier alpha value is -3.52. The summed E-state index contributed by atoms with van der Waals surface area (Å²) < 4.78 is 12.6. The van der Waals surface area contributed by atoms with Gasteiger partial charge in [0.1, 0.15) is 11.9 Å². The van der Waals surface area contributed by atoms with Crippen LogP contribution in [-0.2, 0) is 26.2 Å². The van der Waals surface area contributed by atoms with Gasteiger partial charge in [-0.1, -0.05) is 36.4 Å². The van der Waals surface area contributed by atoms with Crippen LogP contribution >= 0.6 is 0 Å². The molecule has 44 heavy (non-hydrogen) atoms. The Kier molecular flexibility index (Phi) is 8.40. The Morgan fingerprint density at radius 1 is 1.02 bits per heavy atom. The fourth-order valence-electron chi connectivity index (χ4n) is 8.91. The first-order valence-corrected chi connectivity index (χ1v) is 16.3. The van der Waals surface area contributed by atoms with Gasteiger partial charge in [-0.25, -0.2) is 0 Å².